The second kappa shape index (κ2) is 10.3. The number of aliphatic hydroxyl groups excluding tert-OH is 1. The zero-order valence-electron chi connectivity index (χ0n) is 18.5. The summed E-state index contributed by atoms with van der Waals surface area (Å²) in [6.07, 6.45) is 1.19. The number of hydrogen-bond acceptors (Lipinski definition) is 4. The summed E-state index contributed by atoms with van der Waals surface area (Å²) in [5.41, 5.74) is 3.34. The number of hydrogen-bond donors (Lipinski definition) is 3. The Morgan fingerprint density at radius 3 is 2.41 bits per heavy atom. The summed E-state index contributed by atoms with van der Waals surface area (Å²) in [4.78, 5) is 10.9. The van der Waals surface area contributed by atoms with E-state index in [0.29, 0.717) is 19.0 Å². The van der Waals surface area contributed by atoms with Gasteiger partial charge in [-0.05, 0) is 41.2 Å². The zero-order chi connectivity index (χ0) is 21.4. The number of benzene rings is 1. The van der Waals surface area contributed by atoms with Crippen LogP contribution in [0.25, 0.3) is 0 Å². The molecule has 2 aromatic rings. The van der Waals surface area contributed by atoms with Crippen molar-refractivity contribution in [3.8, 4) is 0 Å². The summed E-state index contributed by atoms with van der Waals surface area (Å²) < 4.78 is 0. The molecule has 0 fully saturated rings. The minimum atomic E-state index is -0.603. The van der Waals surface area contributed by atoms with E-state index in [9.17, 15) is 5.11 Å². The second-order valence-electron chi connectivity index (χ2n) is 8.38. The Morgan fingerprint density at radius 1 is 1.14 bits per heavy atom. The molecule has 1 unspecified atom stereocenters. The Bertz CT molecular complexity index is 794. The molecule has 0 spiro atoms. The van der Waals surface area contributed by atoms with Gasteiger partial charge in [-0.25, -0.2) is 9.98 Å². The molecule has 6 heteroatoms. The molecule has 0 bridgehead atoms. The highest BCUT2D eigenvalue weighted by molar-refractivity contribution is 5.79. The maximum Gasteiger partial charge on any atom is 0.191 e. The fourth-order valence-corrected chi connectivity index (χ4v) is 2.83. The molecule has 0 saturated heterocycles. The van der Waals surface area contributed by atoms with Crippen LogP contribution in [0.4, 0.5) is 5.82 Å². The second-order valence-corrected chi connectivity index (χ2v) is 8.38. The van der Waals surface area contributed by atoms with E-state index in [-0.39, 0.29) is 5.41 Å². The van der Waals surface area contributed by atoms with Crippen LogP contribution in [0.2, 0.25) is 0 Å². The first-order chi connectivity index (χ1) is 13.7. The van der Waals surface area contributed by atoms with E-state index in [2.05, 4.69) is 53.5 Å². The minimum absolute atomic E-state index is 0.103. The first-order valence-corrected chi connectivity index (χ1v) is 10.1. The molecule has 0 saturated carbocycles. The van der Waals surface area contributed by atoms with E-state index in [4.69, 9.17) is 0 Å². The molecule has 0 aliphatic carbocycles. The average molecular weight is 398 g/mol. The van der Waals surface area contributed by atoms with Gasteiger partial charge in [0.25, 0.3) is 0 Å². The summed E-state index contributed by atoms with van der Waals surface area (Å²) >= 11 is 0. The fourth-order valence-electron chi connectivity index (χ4n) is 2.83. The lowest BCUT2D eigenvalue weighted by Gasteiger charge is -2.20. The third-order valence-corrected chi connectivity index (χ3v) is 4.66. The number of guanidine groups is 1. The molecule has 0 radical (unpaired) electrons. The lowest BCUT2D eigenvalue weighted by atomic mass is 9.86. The molecule has 1 heterocycles. The fraction of sp³-hybridized carbons (Fsp3) is 0.478. The molecule has 29 heavy (non-hydrogen) atoms. The molecule has 2 rings (SSSR count). The summed E-state index contributed by atoms with van der Waals surface area (Å²) in [5, 5.41) is 17.0. The topological polar surface area (TPSA) is 72.8 Å². The van der Waals surface area contributed by atoms with E-state index in [1.807, 2.05) is 50.2 Å². The minimum Gasteiger partial charge on any atom is -0.387 e. The number of aliphatic imine (C=N–C) groups is 1. The highest BCUT2D eigenvalue weighted by Gasteiger charge is 2.15. The van der Waals surface area contributed by atoms with Gasteiger partial charge in [0.05, 0.1) is 12.6 Å². The third kappa shape index (κ3) is 7.06. The van der Waals surface area contributed by atoms with Gasteiger partial charge in [0, 0.05) is 33.4 Å². The van der Waals surface area contributed by atoms with Crippen LogP contribution in [0.5, 0.6) is 0 Å². The van der Waals surface area contributed by atoms with Crippen molar-refractivity contribution in [2.24, 2.45) is 4.99 Å². The van der Waals surface area contributed by atoms with E-state index in [0.717, 1.165) is 23.5 Å². The maximum atomic E-state index is 10.6. The summed E-state index contributed by atoms with van der Waals surface area (Å²) in [5.74, 6) is 1.59. The van der Waals surface area contributed by atoms with Crippen LogP contribution >= 0.6 is 0 Å². The molecule has 1 atom stereocenters. The van der Waals surface area contributed by atoms with Gasteiger partial charge in [0.15, 0.2) is 5.96 Å². The molecule has 1 aromatic carbocycles. The molecule has 1 aromatic heterocycles. The average Bonchev–Trinajstić information content (AvgIpc) is 2.69. The quantitative estimate of drug-likeness (QED) is 0.494. The van der Waals surface area contributed by atoms with Gasteiger partial charge in [-0.15, -0.1) is 0 Å². The SMILES string of the molecule is CCNC(=NCc1ccnc(N(C)C)c1)NCC(O)c1ccc(C(C)(C)C)cc1. The van der Waals surface area contributed by atoms with E-state index in [1.165, 1.54) is 5.56 Å². The molecule has 0 aliphatic rings. The number of aliphatic hydroxyl groups is 1. The lowest BCUT2D eigenvalue weighted by Crippen LogP contribution is -2.39. The Morgan fingerprint density at radius 2 is 1.83 bits per heavy atom. The van der Waals surface area contributed by atoms with Gasteiger partial charge in [-0.2, -0.15) is 0 Å². The number of rotatable bonds is 7. The standard InChI is InChI=1S/C23H35N5O/c1-7-24-22(26-15-17-12-13-25-21(14-17)28(5)6)27-16-20(29)18-8-10-19(11-9-18)23(2,3)4/h8-14,20,29H,7,15-16H2,1-6H3,(H2,24,26,27). The van der Waals surface area contributed by atoms with Gasteiger partial charge in [-0.1, -0.05) is 45.0 Å². The first-order valence-electron chi connectivity index (χ1n) is 10.1. The van der Waals surface area contributed by atoms with Crippen molar-refractivity contribution < 1.29 is 5.11 Å². The number of nitrogens with zero attached hydrogens (tertiary/aromatic N) is 3. The Labute approximate surface area is 175 Å². The molecular formula is C23H35N5O. The van der Waals surface area contributed by atoms with Gasteiger partial charge in [0.2, 0.25) is 0 Å². The molecule has 0 amide bonds. The van der Waals surface area contributed by atoms with Crippen molar-refractivity contribution in [2.45, 2.75) is 45.8 Å². The van der Waals surface area contributed by atoms with E-state index >= 15 is 0 Å². The van der Waals surface area contributed by atoms with Gasteiger partial charge >= 0.3 is 0 Å². The first kappa shape index (κ1) is 22.7. The predicted molar refractivity (Wildman–Crippen MR) is 121 cm³/mol. The van der Waals surface area contributed by atoms with Crippen LogP contribution in [0.15, 0.2) is 47.6 Å². The van der Waals surface area contributed by atoms with Crippen molar-refractivity contribution >= 4 is 11.8 Å². The monoisotopic (exact) mass is 397 g/mol. The van der Waals surface area contributed by atoms with Gasteiger partial charge < -0.3 is 20.6 Å². The molecule has 158 valence electrons. The molecule has 6 nitrogen and oxygen atoms in total. The Balaban J connectivity index is 1.99. The van der Waals surface area contributed by atoms with Crippen molar-refractivity contribution in [2.75, 3.05) is 32.1 Å². The highest BCUT2D eigenvalue weighted by atomic mass is 16.3. The molecule has 3 N–H and O–H groups in total. The zero-order valence-corrected chi connectivity index (χ0v) is 18.5. The van der Waals surface area contributed by atoms with Crippen LogP contribution in [-0.4, -0.2) is 43.2 Å². The van der Waals surface area contributed by atoms with Crippen LogP contribution < -0.4 is 15.5 Å². The van der Waals surface area contributed by atoms with Crippen molar-refractivity contribution in [1.29, 1.82) is 0 Å². The van der Waals surface area contributed by atoms with Crippen molar-refractivity contribution in [3.05, 3.63) is 59.3 Å². The summed E-state index contributed by atoms with van der Waals surface area (Å²) in [7, 11) is 3.94. The van der Waals surface area contributed by atoms with Crippen molar-refractivity contribution in [1.82, 2.24) is 15.6 Å². The Kier molecular flexibility index (Phi) is 8.02. The van der Waals surface area contributed by atoms with Gasteiger partial charge in [-0.3, -0.25) is 0 Å². The number of anilines is 1. The molecule has 0 aliphatic heterocycles. The number of pyridine rings is 1. The lowest BCUT2D eigenvalue weighted by molar-refractivity contribution is 0.181. The largest absolute Gasteiger partial charge is 0.387 e. The van der Waals surface area contributed by atoms with Crippen LogP contribution in [0.3, 0.4) is 0 Å². The number of nitrogens with one attached hydrogen (secondary N) is 2. The predicted octanol–water partition coefficient (Wildman–Crippen LogP) is 3.23. The smallest absolute Gasteiger partial charge is 0.191 e. The van der Waals surface area contributed by atoms with Crippen molar-refractivity contribution in [3.63, 3.8) is 0 Å². The molecular weight excluding hydrogens is 362 g/mol. The van der Waals surface area contributed by atoms with Crippen LogP contribution in [-0.2, 0) is 12.0 Å². The van der Waals surface area contributed by atoms with Crippen LogP contribution in [0, 0.1) is 0 Å². The summed E-state index contributed by atoms with van der Waals surface area (Å²) in [6.45, 7) is 10.3. The summed E-state index contributed by atoms with van der Waals surface area (Å²) in [6, 6.07) is 12.2. The van der Waals surface area contributed by atoms with Gasteiger partial charge in [0.1, 0.15) is 5.82 Å². The normalized spacial score (nSPS) is 13.1. The highest BCUT2D eigenvalue weighted by Crippen LogP contribution is 2.23. The van der Waals surface area contributed by atoms with Crippen LogP contribution in [0.1, 0.15) is 50.5 Å². The maximum absolute atomic E-state index is 10.6. The number of aromatic nitrogens is 1. The third-order valence-electron chi connectivity index (χ3n) is 4.66. The van der Waals surface area contributed by atoms with E-state index in [1.54, 1.807) is 6.20 Å². The Hall–Kier alpha value is -2.60. The van der Waals surface area contributed by atoms with E-state index < -0.39 is 6.10 Å².